The van der Waals surface area contributed by atoms with Crippen molar-refractivity contribution >= 4 is 17.6 Å². The van der Waals surface area contributed by atoms with Gasteiger partial charge in [-0.1, -0.05) is 17.2 Å². The fourth-order valence-electron chi connectivity index (χ4n) is 4.11. The minimum atomic E-state index is -4.40. The molecule has 2 aliphatic rings. The van der Waals surface area contributed by atoms with Gasteiger partial charge < -0.3 is 14.9 Å². The van der Waals surface area contributed by atoms with Gasteiger partial charge in [-0.25, -0.2) is 0 Å². The van der Waals surface area contributed by atoms with Crippen molar-refractivity contribution in [1.29, 1.82) is 0 Å². The van der Waals surface area contributed by atoms with E-state index in [2.05, 4.69) is 0 Å². The molecule has 158 valence electrons. The lowest BCUT2D eigenvalue weighted by molar-refractivity contribution is -0.151. The summed E-state index contributed by atoms with van der Waals surface area (Å²) in [5.41, 5.74) is 1.86. The van der Waals surface area contributed by atoms with Gasteiger partial charge in [-0.3, -0.25) is 9.59 Å². The number of carboxylic acids is 1. The molecule has 3 rings (SSSR count). The van der Waals surface area contributed by atoms with Crippen LogP contribution < -0.4 is 4.90 Å². The van der Waals surface area contributed by atoms with Gasteiger partial charge in [0, 0.05) is 31.9 Å². The highest BCUT2D eigenvalue weighted by molar-refractivity contribution is 5.86. The zero-order valence-electron chi connectivity index (χ0n) is 16.5. The number of allylic oxidation sites excluding steroid dienone is 2. The second-order valence-electron chi connectivity index (χ2n) is 7.88. The molecule has 0 aromatic heterocycles. The number of rotatable bonds is 3. The van der Waals surface area contributed by atoms with Gasteiger partial charge in [0.1, 0.15) is 0 Å². The maximum Gasteiger partial charge on any atom is 0.416 e. The van der Waals surface area contributed by atoms with Crippen molar-refractivity contribution in [2.45, 2.75) is 32.9 Å². The second kappa shape index (κ2) is 8.08. The van der Waals surface area contributed by atoms with E-state index < -0.39 is 29.5 Å². The van der Waals surface area contributed by atoms with E-state index in [9.17, 15) is 27.9 Å². The largest absolute Gasteiger partial charge is 0.481 e. The van der Waals surface area contributed by atoms with Crippen LogP contribution in [0.15, 0.2) is 35.4 Å². The van der Waals surface area contributed by atoms with Gasteiger partial charge in [-0.15, -0.1) is 0 Å². The molecular formula is C21H25F3N2O3. The molecule has 0 saturated carbocycles. The number of halogens is 3. The molecular weight excluding hydrogens is 385 g/mol. The van der Waals surface area contributed by atoms with Crippen LogP contribution in [0.5, 0.6) is 0 Å². The van der Waals surface area contributed by atoms with Crippen molar-refractivity contribution in [3.63, 3.8) is 0 Å². The van der Waals surface area contributed by atoms with Gasteiger partial charge in [0.05, 0.1) is 17.4 Å². The summed E-state index contributed by atoms with van der Waals surface area (Å²) in [6.45, 7) is 5.37. The minimum Gasteiger partial charge on any atom is -0.481 e. The summed E-state index contributed by atoms with van der Waals surface area (Å²) in [5, 5.41) is 9.55. The fourth-order valence-corrected chi connectivity index (χ4v) is 4.11. The van der Waals surface area contributed by atoms with Crippen LogP contribution in [0.25, 0.3) is 0 Å². The van der Waals surface area contributed by atoms with Gasteiger partial charge in [-0.2, -0.15) is 13.2 Å². The summed E-state index contributed by atoms with van der Waals surface area (Å²) in [7, 11) is 0. The summed E-state index contributed by atoms with van der Waals surface area (Å²) in [6.07, 6.45) is -3.58. The zero-order valence-corrected chi connectivity index (χ0v) is 16.5. The molecule has 1 saturated heterocycles. The lowest BCUT2D eigenvalue weighted by atomic mass is 9.76. The Kier molecular flexibility index (Phi) is 5.91. The van der Waals surface area contributed by atoms with Crippen molar-refractivity contribution in [2.24, 2.45) is 11.8 Å². The molecule has 1 amide bonds. The summed E-state index contributed by atoms with van der Waals surface area (Å²) in [4.78, 5) is 28.2. The Labute approximate surface area is 167 Å². The smallest absolute Gasteiger partial charge is 0.416 e. The number of carboxylic acid groups (broad SMARTS) is 1. The molecule has 1 heterocycles. The van der Waals surface area contributed by atoms with Crippen LogP contribution in [-0.4, -0.2) is 48.1 Å². The molecule has 5 nitrogen and oxygen atoms in total. The van der Waals surface area contributed by atoms with Crippen molar-refractivity contribution in [1.82, 2.24) is 4.90 Å². The number of benzene rings is 1. The van der Waals surface area contributed by atoms with Crippen molar-refractivity contribution in [3.05, 3.63) is 41.0 Å². The Balaban J connectivity index is 1.67. The summed E-state index contributed by atoms with van der Waals surface area (Å²) >= 11 is 0. The SMILES string of the molecule is CC1=C(C)C[C@H](C(=O)N2CCN(c3cccc(C(F)(F)F)c3)CC2)[C@@H](C(=O)O)C1. The molecule has 29 heavy (non-hydrogen) atoms. The van der Waals surface area contributed by atoms with Crippen LogP contribution in [0.4, 0.5) is 18.9 Å². The van der Waals surface area contributed by atoms with Gasteiger partial charge >= 0.3 is 12.1 Å². The molecule has 1 aliphatic carbocycles. The molecule has 0 spiro atoms. The third-order valence-electron chi connectivity index (χ3n) is 6.03. The highest BCUT2D eigenvalue weighted by Crippen LogP contribution is 2.36. The number of aliphatic carboxylic acids is 1. The molecule has 1 N–H and O–H groups in total. The molecule has 1 aromatic carbocycles. The first kappa shape index (κ1) is 21.2. The van der Waals surface area contributed by atoms with Gasteiger partial charge in [0.2, 0.25) is 5.91 Å². The maximum atomic E-state index is 13.0. The van der Waals surface area contributed by atoms with Gasteiger partial charge in [-0.05, 0) is 44.9 Å². The predicted molar refractivity (Wildman–Crippen MR) is 102 cm³/mol. The zero-order chi connectivity index (χ0) is 21.3. The number of anilines is 1. The number of carbonyl (C=O) groups is 2. The summed E-state index contributed by atoms with van der Waals surface area (Å²) in [5.74, 6) is -2.45. The van der Waals surface area contributed by atoms with E-state index >= 15 is 0 Å². The summed E-state index contributed by atoms with van der Waals surface area (Å²) in [6, 6.07) is 5.17. The molecule has 0 unspecified atom stereocenters. The Morgan fingerprint density at radius 2 is 1.59 bits per heavy atom. The fraction of sp³-hybridized carbons (Fsp3) is 0.524. The number of hydrogen-bond acceptors (Lipinski definition) is 3. The van der Waals surface area contributed by atoms with Crippen LogP contribution in [0.1, 0.15) is 32.3 Å². The molecule has 1 fully saturated rings. The third kappa shape index (κ3) is 4.57. The predicted octanol–water partition coefficient (Wildman–Crippen LogP) is 3.80. The van der Waals surface area contributed by atoms with E-state index in [1.165, 1.54) is 6.07 Å². The van der Waals surface area contributed by atoms with Crippen molar-refractivity contribution < 1.29 is 27.9 Å². The monoisotopic (exact) mass is 410 g/mol. The Bertz CT molecular complexity index is 827. The quantitative estimate of drug-likeness (QED) is 0.770. The second-order valence-corrected chi connectivity index (χ2v) is 7.88. The Morgan fingerprint density at radius 3 is 2.14 bits per heavy atom. The standard InChI is InChI=1S/C21H25F3N2O3/c1-13-10-17(18(20(28)29)11-14(13)2)19(27)26-8-6-25(7-9-26)16-5-3-4-15(12-16)21(22,23)24/h3-5,12,17-18H,6-11H2,1-2H3,(H,28,29)/t17-,18-/m0/s1. The van der Waals surface area contributed by atoms with Crippen LogP contribution in [0.2, 0.25) is 0 Å². The Hall–Kier alpha value is -2.51. The van der Waals surface area contributed by atoms with Crippen LogP contribution in [-0.2, 0) is 15.8 Å². The lowest BCUT2D eigenvalue weighted by Crippen LogP contribution is -2.52. The number of alkyl halides is 3. The number of amides is 1. The molecule has 8 heteroatoms. The normalized spacial score (nSPS) is 23.3. The number of carbonyl (C=O) groups excluding carboxylic acids is 1. The van der Waals surface area contributed by atoms with Crippen LogP contribution in [0.3, 0.4) is 0 Å². The first-order valence-corrected chi connectivity index (χ1v) is 9.67. The highest BCUT2D eigenvalue weighted by Gasteiger charge is 2.40. The number of nitrogens with zero attached hydrogens (tertiary/aromatic N) is 2. The maximum absolute atomic E-state index is 13.0. The van der Waals surface area contributed by atoms with Gasteiger partial charge in [0.15, 0.2) is 0 Å². The highest BCUT2D eigenvalue weighted by atomic mass is 19.4. The van der Waals surface area contributed by atoms with E-state index in [0.717, 1.165) is 23.3 Å². The van der Waals surface area contributed by atoms with Crippen molar-refractivity contribution in [2.75, 3.05) is 31.1 Å². The first-order valence-electron chi connectivity index (χ1n) is 9.67. The topological polar surface area (TPSA) is 60.9 Å². The van der Waals surface area contributed by atoms with E-state index in [0.29, 0.717) is 44.7 Å². The minimum absolute atomic E-state index is 0.173. The molecule has 0 bridgehead atoms. The lowest BCUT2D eigenvalue weighted by Gasteiger charge is -2.39. The molecule has 1 aliphatic heterocycles. The third-order valence-corrected chi connectivity index (χ3v) is 6.03. The Morgan fingerprint density at radius 1 is 1.00 bits per heavy atom. The summed E-state index contributed by atoms with van der Waals surface area (Å²) < 4.78 is 38.8. The van der Waals surface area contributed by atoms with E-state index in [1.54, 1.807) is 11.0 Å². The van der Waals surface area contributed by atoms with E-state index in [4.69, 9.17) is 0 Å². The number of hydrogen-bond donors (Lipinski definition) is 1. The average molecular weight is 410 g/mol. The van der Waals surface area contributed by atoms with Gasteiger partial charge in [0.25, 0.3) is 0 Å². The first-order chi connectivity index (χ1) is 13.6. The van der Waals surface area contributed by atoms with Crippen LogP contribution >= 0.6 is 0 Å². The van der Waals surface area contributed by atoms with Crippen LogP contribution in [0, 0.1) is 11.8 Å². The molecule has 1 aromatic rings. The average Bonchev–Trinajstić information content (AvgIpc) is 2.68. The van der Waals surface area contributed by atoms with E-state index in [1.807, 2.05) is 18.7 Å². The number of piperazine rings is 1. The van der Waals surface area contributed by atoms with Crippen molar-refractivity contribution in [3.8, 4) is 0 Å². The molecule has 0 radical (unpaired) electrons. The van der Waals surface area contributed by atoms with E-state index in [-0.39, 0.29) is 5.91 Å². The molecule has 2 atom stereocenters.